The molecule has 1 unspecified atom stereocenters. The maximum absolute atomic E-state index is 13.3. The van der Waals surface area contributed by atoms with E-state index in [1.165, 1.54) is 45.3 Å². The maximum atomic E-state index is 13.3. The lowest BCUT2D eigenvalue weighted by Gasteiger charge is -2.27. The fourth-order valence-electron chi connectivity index (χ4n) is 4.01. The average molecular weight is 499 g/mol. The maximum Gasteiger partial charge on any atom is 0.308 e. The van der Waals surface area contributed by atoms with Gasteiger partial charge in [0.1, 0.15) is 17.3 Å². The molecule has 1 aliphatic heterocycles. The zero-order chi connectivity index (χ0) is 26.6. The Hall–Kier alpha value is -4.05. The van der Waals surface area contributed by atoms with E-state index in [2.05, 4.69) is 0 Å². The van der Waals surface area contributed by atoms with Crippen molar-refractivity contribution in [1.82, 2.24) is 9.80 Å². The molecule has 3 rings (SSSR count). The van der Waals surface area contributed by atoms with Gasteiger partial charge >= 0.3 is 5.97 Å². The summed E-state index contributed by atoms with van der Waals surface area (Å²) in [5.41, 5.74) is 0.527. The number of esters is 1. The number of carbonyl (C=O) groups excluding carboxylic acids is 3. The second kappa shape index (κ2) is 11.1. The van der Waals surface area contributed by atoms with Gasteiger partial charge in [-0.25, -0.2) is 0 Å². The van der Waals surface area contributed by atoms with E-state index in [-0.39, 0.29) is 23.4 Å². The number of aliphatic hydroxyl groups excluding tert-OH is 1. The summed E-state index contributed by atoms with van der Waals surface area (Å²) in [6.45, 7) is 1.94. The van der Waals surface area contributed by atoms with Crippen molar-refractivity contribution in [3.8, 4) is 23.0 Å². The summed E-state index contributed by atoms with van der Waals surface area (Å²) in [6, 6.07) is 8.56. The predicted octanol–water partition coefficient (Wildman–Crippen LogP) is 2.62. The first kappa shape index (κ1) is 26.6. The van der Waals surface area contributed by atoms with Crippen molar-refractivity contribution in [1.29, 1.82) is 0 Å². The second-order valence-corrected chi connectivity index (χ2v) is 8.37. The van der Waals surface area contributed by atoms with Crippen LogP contribution in [0.25, 0.3) is 5.76 Å². The molecule has 0 spiro atoms. The lowest BCUT2D eigenvalue weighted by atomic mass is 9.94. The van der Waals surface area contributed by atoms with E-state index in [1.807, 2.05) is 19.0 Å². The molecular weight excluding hydrogens is 468 g/mol. The number of nitrogens with zero attached hydrogens (tertiary/aromatic N) is 2. The van der Waals surface area contributed by atoms with Gasteiger partial charge in [-0.15, -0.1) is 0 Å². The van der Waals surface area contributed by atoms with Gasteiger partial charge in [0.25, 0.3) is 11.7 Å². The normalized spacial score (nSPS) is 16.9. The van der Waals surface area contributed by atoms with E-state index in [0.29, 0.717) is 29.4 Å². The predicted molar refractivity (Wildman–Crippen MR) is 131 cm³/mol. The highest BCUT2D eigenvalue weighted by Crippen LogP contribution is 2.43. The second-order valence-electron chi connectivity index (χ2n) is 8.37. The molecular formula is C26H30N2O8. The fraction of sp³-hybridized carbons (Fsp3) is 0.346. The Morgan fingerprint density at radius 3 is 2.22 bits per heavy atom. The van der Waals surface area contributed by atoms with E-state index in [1.54, 1.807) is 24.3 Å². The standard InChI is InChI=1S/C26H30N2O8/c1-15(29)36-21-13-16(7-9-20(21)35-6)23-22(25(31)26(32)28(23)12-11-27(2)3)24(30)18-14-17(33-4)8-10-19(18)34-5/h7-10,13-14,23,30H,11-12H2,1-6H3/b24-22+. The largest absolute Gasteiger partial charge is 0.507 e. The molecule has 10 heteroatoms. The van der Waals surface area contributed by atoms with Crippen molar-refractivity contribution in [2.24, 2.45) is 0 Å². The van der Waals surface area contributed by atoms with Crippen molar-refractivity contribution in [3.63, 3.8) is 0 Å². The smallest absolute Gasteiger partial charge is 0.308 e. The molecule has 192 valence electrons. The number of hydrogen-bond acceptors (Lipinski definition) is 9. The first-order valence-corrected chi connectivity index (χ1v) is 11.1. The summed E-state index contributed by atoms with van der Waals surface area (Å²) < 4.78 is 21.2. The number of aliphatic hydroxyl groups is 1. The molecule has 1 aliphatic rings. The van der Waals surface area contributed by atoms with Crippen LogP contribution < -0.4 is 18.9 Å². The Kier molecular flexibility index (Phi) is 8.21. The van der Waals surface area contributed by atoms with Gasteiger partial charge in [-0.2, -0.15) is 0 Å². The van der Waals surface area contributed by atoms with Crippen LogP contribution in [0.5, 0.6) is 23.0 Å². The van der Waals surface area contributed by atoms with Crippen molar-refractivity contribution >= 4 is 23.4 Å². The van der Waals surface area contributed by atoms with Crippen molar-refractivity contribution in [2.75, 3.05) is 48.5 Å². The molecule has 1 atom stereocenters. The monoisotopic (exact) mass is 498 g/mol. The number of hydrogen-bond donors (Lipinski definition) is 1. The van der Waals surface area contributed by atoms with E-state index in [9.17, 15) is 19.5 Å². The summed E-state index contributed by atoms with van der Waals surface area (Å²) in [5.74, 6) is -1.42. The summed E-state index contributed by atoms with van der Waals surface area (Å²) in [7, 11) is 8.03. The summed E-state index contributed by atoms with van der Waals surface area (Å²) >= 11 is 0. The Bertz CT molecular complexity index is 1200. The topological polar surface area (TPSA) is 115 Å². The van der Waals surface area contributed by atoms with Crippen LogP contribution in [0.3, 0.4) is 0 Å². The van der Waals surface area contributed by atoms with E-state index in [0.717, 1.165) is 0 Å². The fourth-order valence-corrected chi connectivity index (χ4v) is 4.01. The Balaban J connectivity index is 2.26. The van der Waals surface area contributed by atoms with Gasteiger partial charge in [-0.3, -0.25) is 14.4 Å². The molecule has 1 heterocycles. The number of benzene rings is 2. The van der Waals surface area contributed by atoms with Crippen LogP contribution in [0.1, 0.15) is 24.1 Å². The first-order chi connectivity index (χ1) is 17.1. The number of amides is 1. The van der Waals surface area contributed by atoms with Crippen LogP contribution in [-0.4, -0.2) is 81.1 Å². The van der Waals surface area contributed by atoms with Gasteiger partial charge in [0.2, 0.25) is 0 Å². The van der Waals surface area contributed by atoms with E-state index >= 15 is 0 Å². The van der Waals surface area contributed by atoms with E-state index < -0.39 is 29.5 Å². The van der Waals surface area contributed by atoms with Crippen molar-refractivity contribution < 1.29 is 38.4 Å². The minimum absolute atomic E-state index is 0.121. The zero-order valence-corrected chi connectivity index (χ0v) is 21.2. The van der Waals surface area contributed by atoms with Crippen LogP contribution in [-0.2, 0) is 14.4 Å². The number of Topliss-reactive ketones (excluding diaryl/α,β-unsaturated/α-hetero) is 1. The minimum Gasteiger partial charge on any atom is -0.507 e. The van der Waals surface area contributed by atoms with Crippen LogP contribution in [0, 0.1) is 0 Å². The lowest BCUT2D eigenvalue weighted by molar-refractivity contribution is -0.140. The SMILES string of the molecule is COc1ccc(OC)c(/C(O)=C2\C(=O)C(=O)N(CCN(C)C)C2c2ccc(OC)c(OC(C)=O)c2)c1. The number of ketones is 1. The number of methoxy groups -OCH3 is 3. The Morgan fingerprint density at radius 1 is 0.972 bits per heavy atom. The molecule has 1 fully saturated rings. The number of likely N-dealkylation sites (N-methyl/N-ethyl adjacent to an activating group) is 1. The third kappa shape index (κ3) is 5.28. The molecule has 10 nitrogen and oxygen atoms in total. The summed E-state index contributed by atoms with van der Waals surface area (Å²) in [6.07, 6.45) is 0. The lowest BCUT2D eigenvalue weighted by Crippen LogP contribution is -2.35. The van der Waals surface area contributed by atoms with Crippen molar-refractivity contribution in [2.45, 2.75) is 13.0 Å². The number of rotatable bonds is 9. The third-order valence-corrected chi connectivity index (χ3v) is 5.75. The molecule has 0 radical (unpaired) electrons. The number of ether oxygens (including phenoxy) is 4. The molecule has 0 aliphatic carbocycles. The van der Waals surface area contributed by atoms with Crippen LogP contribution in [0.15, 0.2) is 42.0 Å². The highest BCUT2D eigenvalue weighted by Gasteiger charge is 2.46. The highest BCUT2D eigenvalue weighted by atomic mass is 16.6. The van der Waals surface area contributed by atoms with Gasteiger partial charge in [-0.05, 0) is 50.0 Å². The van der Waals surface area contributed by atoms with Crippen LogP contribution in [0.4, 0.5) is 0 Å². The molecule has 0 saturated carbocycles. The molecule has 0 aromatic heterocycles. The van der Waals surface area contributed by atoms with Gasteiger partial charge in [0, 0.05) is 20.0 Å². The summed E-state index contributed by atoms with van der Waals surface area (Å²) in [4.78, 5) is 41.4. The minimum atomic E-state index is -0.957. The number of likely N-dealkylation sites (tertiary alicyclic amines) is 1. The quantitative estimate of drug-likeness (QED) is 0.183. The molecule has 1 saturated heterocycles. The van der Waals surface area contributed by atoms with Gasteiger partial charge in [0.15, 0.2) is 11.5 Å². The number of carbonyl (C=O) groups is 3. The van der Waals surface area contributed by atoms with Gasteiger partial charge < -0.3 is 33.9 Å². The van der Waals surface area contributed by atoms with E-state index in [4.69, 9.17) is 18.9 Å². The molecule has 0 bridgehead atoms. The molecule has 1 amide bonds. The Morgan fingerprint density at radius 2 is 1.64 bits per heavy atom. The molecule has 2 aromatic carbocycles. The van der Waals surface area contributed by atoms with Crippen LogP contribution >= 0.6 is 0 Å². The first-order valence-electron chi connectivity index (χ1n) is 11.1. The molecule has 1 N–H and O–H groups in total. The van der Waals surface area contributed by atoms with Crippen molar-refractivity contribution in [3.05, 3.63) is 53.1 Å². The average Bonchev–Trinajstić information content (AvgIpc) is 3.11. The molecule has 36 heavy (non-hydrogen) atoms. The van der Waals surface area contributed by atoms with Crippen LogP contribution in [0.2, 0.25) is 0 Å². The van der Waals surface area contributed by atoms with Gasteiger partial charge in [0.05, 0.1) is 38.5 Å². The molecule has 2 aromatic rings. The third-order valence-electron chi connectivity index (χ3n) is 5.75. The highest BCUT2D eigenvalue weighted by molar-refractivity contribution is 6.46. The van der Waals surface area contributed by atoms with Gasteiger partial charge in [-0.1, -0.05) is 6.07 Å². The Labute approximate surface area is 209 Å². The summed E-state index contributed by atoms with van der Waals surface area (Å²) in [5, 5.41) is 11.4. The zero-order valence-electron chi connectivity index (χ0n) is 21.2.